The molecule has 0 aliphatic rings. The minimum atomic E-state index is -0.490. The Morgan fingerprint density at radius 3 is 2.31 bits per heavy atom. The molecule has 0 heterocycles. The summed E-state index contributed by atoms with van der Waals surface area (Å²) >= 11 is 0. The van der Waals surface area contributed by atoms with Crippen molar-refractivity contribution in [2.24, 2.45) is 5.73 Å². The van der Waals surface area contributed by atoms with Gasteiger partial charge in [-0.05, 0) is 40.6 Å². The average Bonchev–Trinajstić information content (AvgIpc) is 2.63. The van der Waals surface area contributed by atoms with Crippen molar-refractivity contribution in [3.63, 3.8) is 0 Å². The lowest BCUT2D eigenvalue weighted by atomic mass is 10.0. The van der Waals surface area contributed by atoms with E-state index in [-0.39, 0.29) is 31.1 Å². The van der Waals surface area contributed by atoms with Crippen LogP contribution < -0.4 is 10.6 Å². The second kappa shape index (κ2) is 7.78. The van der Waals surface area contributed by atoms with Crippen molar-refractivity contribution in [1.29, 1.82) is 0 Å². The van der Waals surface area contributed by atoms with Crippen LogP contribution in [-0.2, 0) is 16.0 Å². The van der Waals surface area contributed by atoms with Gasteiger partial charge in [0, 0.05) is 18.7 Å². The van der Waals surface area contributed by atoms with Gasteiger partial charge < -0.3 is 10.6 Å². The van der Waals surface area contributed by atoms with Crippen LogP contribution in [0.25, 0.3) is 10.8 Å². The summed E-state index contributed by atoms with van der Waals surface area (Å²) in [7, 11) is 0. The van der Waals surface area contributed by atoms with Crippen LogP contribution in [0.15, 0.2) is 66.7 Å². The fourth-order valence-corrected chi connectivity index (χ4v) is 2.86. The van der Waals surface area contributed by atoms with Gasteiger partial charge in [0.25, 0.3) is 0 Å². The van der Waals surface area contributed by atoms with Crippen LogP contribution in [0.4, 0.5) is 10.1 Å². The van der Waals surface area contributed by atoms with E-state index in [0.717, 1.165) is 16.3 Å². The van der Waals surface area contributed by atoms with Crippen LogP contribution >= 0.6 is 0 Å². The van der Waals surface area contributed by atoms with E-state index in [4.69, 9.17) is 5.73 Å². The maximum absolute atomic E-state index is 13.2. The molecule has 3 aromatic carbocycles. The lowest BCUT2D eigenvalue weighted by Gasteiger charge is -2.22. The predicted molar refractivity (Wildman–Crippen MR) is 100 cm³/mol. The van der Waals surface area contributed by atoms with Gasteiger partial charge in [-0.3, -0.25) is 9.59 Å². The number of nitrogens with two attached hydrogens (primary N) is 1. The Balaban J connectivity index is 1.83. The minimum absolute atomic E-state index is 0.0425. The van der Waals surface area contributed by atoms with Crippen molar-refractivity contribution < 1.29 is 14.0 Å². The van der Waals surface area contributed by atoms with Gasteiger partial charge in [-0.1, -0.05) is 42.5 Å². The lowest BCUT2D eigenvalue weighted by Crippen LogP contribution is -2.35. The van der Waals surface area contributed by atoms with Gasteiger partial charge in [-0.15, -0.1) is 0 Å². The zero-order chi connectivity index (χ0) is 18.5. The summed E-state index contributed by atoms with van der Waals surface area (Å²) in [6.07, 6.45) is 0.224. The highest BCUT2D eigenvalue weighted by molar-refractivity contribution is 5.96. The summed E-state index contributed by atoms with van der Waals surface area (Å²) < 4.78 is 13.2. The topological polar surface area (TPSA) is 63.4 Å². The predicted octanol–water partition coefficient (Wildman–Crippen LogP) is 3.43. The van der Waals surface area contributed by atoms with Crippen LogP contribution in [0.5, 0.6) is 0 Å². The Labute approximate surface area is 151 Å². The first-order valence-electron chi connectivity index (χ1n) is 8.35. The Morgan fingerprint density at radius 1 is 0.923 bits per heavy atom. The van der Waals surface area contributed by atoms with E-state index < -0.39 is 5.91 Å². The quantitative estimate of drug-likeness (QED) is 0.740. The average molecular weight is 350 g/mol. The molecule has 4 nitrogen and oxygen atoms in total. The largest absolute Gasteiger partial charge is 0.370 e. The van der Waals surface area contributed by atoms with Crippen LogP contribution in [0, 0.1) is 5.82 Å². The van der Waals surface area contributed by atoms with Gasteiger partial charge in [-0.2, -0.15) is 0 Å². The zero-order valence-electron chi connectivity index (χ0n) is 14.2. The zero-order valence-corrected chi connectivity index (χ0v) is 14.2. The van der Waals surface area contributed by atoms with Crippen molar-refractivity contribution in [2.75, 3.05) is 11.4 Å². The molecule has 0 spiro atoms. The first kappa shape index (κ1) is 17.6. The van der Waals surface area contributed by atoms with E-state index in [1.165, 1.54) is 29.2 Å². The van der Waals surface area contributed by atoms with Gasteiger partial charge in [0.2, 0.25) is 11.8 Å². The van der Waals surface area contributed by atoms with Crippen LogP contribution in [0.3, 0.4) is 0 Å². The Morgan fingerprint density at radius 2 is 1.62 bits per heavy atom. The van der Waals surface area contributed by atoms with Crippen molar-refractivity contribution in [3.05, 3.63) is 78.1 Å². The maximum atomic E-state index is 13.2. The molecule has 0 saturated heterocycles. The number of hydrogen-bond acceptors (Lipinski definition) is 2. The van der Waals surface area contributed by atoms with Crippen molar-refractivity contribution >= 4 is 28.3 Å². The molecular formula is C21H19FN2O2. The molecular weight excluding hydrogens is 331 g/mol. The molecule has 26 heavy (non-hydrogen) atoms. The second-order valence-electron chi connectivity index (χ2n) is 6.10. The Bertz CT molecular complexity index is 938. The van der Waals surface area contributed by atoms with E-state index in [2.05, 4.69) is 0 Å². The summed E-state index contributed by atoms with van der Waals surface area (Å²) in [5.74, 6) is -1.05. The number of nitrogens with zero attached hydrogens (tertiary/aromatic N) is 1. The van der Waals surface area contributed by atoms with Crippen LogP contribution in [-0.4, -0.2) is 18.4 Å². The third-order valence-electron chi connectivity index (χ3n) is 4.19. The molecule has 3 rings (SSSR count). The number of anilines is 1. The van der Waals surface area contributed by atoms with E-state index in [1.54, 1.807) is 0 Å². The number of primary amides is 1. The van der Waals surface area contributed by atoms with Gasteiger partial charge in [-0.25, -0.2) is 4.39 Å². The minimum Gasteiger partial charge on any atom is -0.370 e. The molecule has 2 amide bonds. The molecule has 0 bridgehead atoms. The molecule has 0 unspecified atom stereocenters. The normalized spacial score (nSPS) is 10.7. The number of benzene rings is 3. The van der Waals surface area contributed by atoms with Gasteiger partial charge >= 0.3 is 0 Å². The molecule has 0 atom stereocenters. The molecule has 0 aromatic heterocycles. The molecule has 0 saturated carbocycles. The molecule has 132 valence electrons. The van der Waals surface area contributed by atoms with Crippen LogP contribution in [0.2, 0.25) is 0 Å². The number of carbonyl (C=O) groups is 2. The van der Waals surface area contributed by atoms with Crippen molar-refractivity contribution in [2.45, 2.75) is 12.8 Å². The molecule has 5 heteroatoms. The number of fused-ring (bicyclic) bond motifs is 1. The van der Waals surface area contributed by atoms with Gasteiger partial charge in [0.1, 0.15) is 5.82 Å². The Hall–Kier alpha value is -3.21. The number of hydrogen-bond donors (Lipinski definition) is 1. The summed E-state index contributed by atoms with van der Waals surface area (Å²) in [4.78, 5) is 25.4. The fourth-order valence-electron chi connectivity index (χ4n) is 2.86. The summed E-state index contributed by atoms with van der Waals surface area (Å²) in [5.41, 5.74) is 6.64. The number of halogens is 1. The summed E-state index contributed by atoms with van der Waals surface area (Å²) in [6, 6.07) is 19.4. The van der Waals surface area contributed by atoms with E-state index in [9.17, 15) is 14.0 Å². The second-order valence-corrected chi connectivity index (χ2v) is 6.10. The first-order chi connectivity index (χ1) is 12.5. The highest BCUT2D eigenvalue weighted by Crippen LogP contribution is 2.19. The van der Waals surface area contributed by atoms with Crippen LogP contribution in [0.1, 0.15) is 12.0 Å². The first-order valence-corrected chi connectivity index (χ1v) is 8.35. The SMILES string of the molecule is NC(=O)CCN(C(=O)Cc1ccc2ccccc2c1)c1ccc(F)cc1. The molecule has 3 aromatic rings. The van der Waals surface area contributed by atoms with Crippen molar-refractivity contribution in [3.8, 4) is 0 Å². The maximum Gasteiger partial charge on any atom is 0.231 e. The molecule has 0 radical (unpaired) electrons. The smallest absolute Gasteiger partial charge is 0.231 e. The third kappa shape index (κ3) is 4.25. The van der Waals surface area contributed by atoms with Gasteiger partial charge in [0.15, 0.2) is 0 Å². The summed E-state index contributed by atoms with van der Waals surface area (Å²) in [5, 5.41) is 2.16. The van der Waals surface area contributed by atoms with E-state index in [0.29, 0.717) is 5.69 Å². The standard InChI is InChI=1S/C21H19FN2O2/c22-18-7-9-19(10-8-18)24(12-11-20(23)25)21(26)14-15-5-6-16-3-1-2-4-17(16)13-15/h1-10,13H,11-12,14H2,(H2,23,25). The highest BCUT2D eigenvalue weighted by atomic mass is 19.1. The fraction of sp³-hybridized carbons (Fsp3) is 0.143. The van der Waals surface area contributed by atoms with E-state index in [1.807, 2.05) is 42.5 Å². The van der Waals surface area contributed by atoms with E-state index >= 15 is 0 Å². The summed E-state index contributed by atoms with van der Waals surface area (Å²) in [6.45, 7) is 0.160. The molecule has 2 N–H and O–H groups in total. The Kier molecular flexibility index (Phi) is 5.27. The molecule has 0 aliphatic carbocycles. The number of rotatable bonds is 6. The van der Waals surface area contributed by atoms with Crippen molar-refractivity contribution in [1.82, 2.24) is 0 Å². The highest BCUT2D eigenvalue weighted by Gasteiger charge is 2.17. The third-order valence-corrected chi connectivity index (χ3v) is 4.19. The number of carbonyl (C=O) groups excluding carboxylic acids is 2. The lowest BCUT2D eigenvalue weighted by molar-refractivity contribution is -0.118. The molecule has 0 aliphatic heterocycles. The number of amides is 2. The van der Waals surface area contributed by atoms with Gasteiger partial charge in [0.05, 0.1) is 6.42 Å². The monoisotopic (exact) mass is 350 g/mol. The molecule has 0 fully saturated rings.